The minimum absolute atomic E-state index is 0.301. The van der Waals surface area contributed by atoms with Crippen LogP contribution in [0.4, 0.5) is 10.1 Å². The van der Waals surface area contributed by atoms with E-state index in [-0.39, 0.29) is 5.82 Å². The van der Waals surface area contributed by atoms with Gasteiger partial charge in [0.2, 0.25) is 0 Å². The zero-order valence-electron chi connectivity index (χ0n) is 10.7. The molecule has 0 aliphatic heterocycles. The molecule has 3 nitrogen and oxygen atoms in total. The number of para-hydroxylation sites is 1. The third-order valence-electron chi connectivity index (χ3n) is 2.70. The summed E-state index contributed by atoms with van der Waals surface area (Å²) in [5.41, 5.74) is 2.03. The lowest BCUT2D eigenvalue weighted by Crippen LogP contribution is -2.03. The lowest BCUT2D eigenvalue weighted by Gasteiger charge is -2.11. The van der Waals surface area contributed by atoms with Crippen LogP contribution in [0.5, 0.6) is 0 Å². The molecule has 1 N–H and O–H groups in total. The number of ether oxygens (including phenoxy) is 1. The molecule has 0 bridgehead atoms. The van der Waals surface area contributed by atoms with E-state index in [0.717, 1.165) is 29.7 Å². The van der Waals surface area contributed by atoms with Gasteiger partial charge in [0.25, 0.3) is 0 Å². The summed E-state index contributed by atoms with van der Waals surface area (Å²) < 4.78 is 18.8. The maximum Gasteiger partial charge on any atom is 0.149 e. The van der Waals surface area contributed by atoms with Gasteiger partial charge in [-0.15, -0.1) is 0 Å². The van der Waals surface area contributed by atoms with Crippen LogP contribution in [-0.2, 0) is 11.3 Å². The van der Waals surface area contributed by atoms with Crippen molar-refractivity contribution in [3.63, 3.8) is 0 Å². The Morgan fingerprint density at radius 1 is 1.39 bits per heavy atom. The molecule has 0 aliphatic rings. The number of aromatic nitrogens is 1. The Hall–Kier alpha value is -1.68. The predicted octanol–water partition coefficient (Wildman–Crippen LogP) is 3.34. The molecule has 0 aliphatic carbocycles. The van der Waals surface area contributed by atoms with Gasteiger partial charge in [-0.2, -0.15) is 0 Å². The molecule has 2 rings (SSSR count). The van der Waals surface area contributed by atoms with E-state index in [1.807, 2.05) is 12.1 Å². The highest BCUT2D eigenvalue weighted by Crippen LogP contribution is 2.25. The summed E-state index contributed by atoms with van der Waals surface area (Å²) in [6.07, 6.45) is 1.01. The number of nitrogens with one attached hydrogen (secondary N) is 1. The van der Waals surface area contributed by atoms with Crippen molar-refractivity contribution in [3.05, 3.63) is 35.8 Å². The minimum atomic E-state index is -0.301. The molecule has 0 radical (unpaired) electrons. The van der Waals surface area contributed by atoms with Gasteiger partial charge in [0.1, 0.15) is 11.3 Å². The van der Waals surface area contributed by atoms with Crippen molar-refractivity contribution >= 4 is 16.6 Å². The fourth-order valence-corrected chi connectivity index (χ4v) is 1.89. The van der Waals surface area contributed by atoms with Crippen LogP contribution >= 0.6 is 0 Å². The fraction of sp³-hybridized carbons (Fsp3) is 0.357. The van der Waals surface area contributed by atoms with Crippen molar-refractivity contribution in [2.24, 2.45) is 0 Å². The van der Waals surface area contributed by atoms with Crippen LogP contribution in [0.1, 0.15) is 19.0 Å². The monoisotopic (exact) mass is 248 g/mol. The average Bonchev–Trinajstić information content (AvgIpc) is 2.37. The largest absolute Gasteiger partial charge is 0.384 e. The molecule has 2 aromatic rings. The highest BCUT2D eigenvalue weighted by atomic mass is 19.1. The van der Waals surface area contributed by atoms with Gasteiger partial charge < -0.3 is 10.1 Å². The highest BCUT2D eigenvalue weighted by molar-refractivity contribution is 5.91. The van der Waals surface area contributed by atoms with Crippen LogP contribution in [0.2, 0.25) is 0 Å². The number of benzene rings is 1. The summed E-state index contributed by atoms with van der Waals surface area (Å²) in [4.78, 5) is 4.29. The van der Waals surface area contributed by atoms with Crippen LogP contribution in [0, 0.1) is 5.82 Å². The first-order chi connectivity index (χ1) is 8.76. The second-order valence-electron chi connectivity index (χ2n) is 4.16. The van der Waals surface area contributed by atoms with Gasteiger partial charge in [0.15, 0.2) is 0 Å². The van der Waals surface area contributed by atoms with Crippen LogP contribution < -0.4 is 5.32 Å². The number of halogens is 1. The first kappa shape index (κ1) is 12.8. The fourth-order valence-electron chi connectivity index (χ4n) is 1.89. The normalized spacial score (nSPS) is 10.8. The van der Waals surface area contributed by atoms with Crippen molar-refractivity contribution in [2.45, 2.75) is 20.0 Å². The summed E-state index contributed by atoms with van der Waals surface area (Å²) in [6, 6.07) is 6.92. The first-order valence-corrected chi connectivity index (χ1v) is 6.07. The molecule has 0 unspecified atom stereocenters. The molecule has 4 heteroatoms. The van der Waals surface area contributed by atoms with Crippen LogP contribution in [0.3, 0.4) is 0 Å². The van der Waals surface area contributed by atoms with Crippen molar-refractivity contribution in [3.8, 4) is 0 Å². The molecule has 1 heterocycles. The first-order valence-electron chi connectivity index (χ1n) is 6.07. The second kappa shape index (κ2) is 5.78. The quantitative estimate of drug-likeness (QED) is 0.881. The molecule has 96 valence electrons. The molecular formula is C14H17FN2O. The summed E-state index contributed by atoms with van der Waals surface area (Å²) in [6.45, 7) is 3.32. The second-order valence-corrected chi connectivity index (χ2v) is 4.16. The third-order valence-corrected chi connectivity index (χ3v) is 2.70. The van der Waals surface area contributed by atoms with E-state index >= 15 is 0 Å². The Morgan fingerprint density at radius 2 is 2.22 bits per heavy atom. The third kappa shape index (κ3) is 2.59. The molecule has 0 fully saturated rings. The van der Waals surface area contributed by atoms with Gasteiger partial charge >= 0.3 is 0 Å². The number of anilines is 1. The maximum atomic E-state index is 13.8. The standard InChI is InChI=1S/C14H17FN2O/c1-3-7-16-13-8-10(9-18-2)17-14-11(13)5-4-6-12(14)15/h4-6,8H,3,7,9H2,1-2H3,(H,16,17). The molecule has 0 atom stereocenters. The van der Waals surface area contributed by atoms with E-state index in [1.54, 1.807) is 13.2 Å². The number of fused-ring (bicyclic) bond motifs is 1. The summed E-state index contributed by atoms with van der Waals surface area (Å²) in [5.74, 6) is -0.301. The van der Waals surface area contributed by atoms with Gasteiger partial charge in [-0.05, 0) is 18.6 Å². The number of methoxy groups -OCH3 is 1. The lowest BCUT2D eigenvalue weighted by molar-refractivity contribution is 0.182. The topological polar surface area (TPSA) is 34.1 Å². The molecule has 0 saturated carbocycles. The average molecular weight is 248 g/mol. The number of rotatable bonds is 5. The van der Waals surface area contributed by atoms with Crippen molar-refractivity contribution in [1.82, 2.24) is 4.98 Å². The number of nitrogens with zero attached hydrogens (tertiary/aromatic N) is 1. The summed E-state index contributed by atoms with van der Waals surface area (Å²) in [7, 11) is 1.60. The number of hydrogen-bond acceptors (Lipinski definition) is 3. The molecule has 0 saturated heterocycles. The van der Waals surface area contributed by atoms with Crippen LogP contribution in [-0.4, -0.2) is 18.6 Å². The molecule has 1 aromatic carbocycles. The Balaban J connectivity index is 2.53. The van der Waals surface area contributed by atoms with E-state index in [2.05, 4.69) is 17.2 Å². The minimum Gasteiger partial charge on any atom is -0.384 e. The Labute approximate surface area is 106 Å². The van der Waals surface area contributed by atoms with Crippen LogP contribution in [0.25, 0.3) is 10.9 Å². The molecular weight excluding hydrogens is 231 g/mol. The molecule has 18 heavy (non-hydrogen) atoms. The Bertz CT molecular complexity index is 543. The van der Waals surface area contributed by atoms with Gasteiger partial charge in [0, 0.05) is 24.7 Å². The van der Waals surface area contributed by atoms with Crippen molar-refractivity contribution < 1.29 is 9.13 Å². The zero-order valence-corrected chi connectivity index (χ0v) is 10.7. The highest BCUT2D eigenvalue weighted by Gasteiger charge is 2.08. The molecule has 0 amide bonds. The number of pyridine rings is 1. The maximum absolute atomic E-state index is 13.8. The van der Waals surface area contributed by atoms with E-state index in [0.29, 0.717) is 12.1 Å². The van der Waals surface area contributed by atoms with Crippen LogP contribution in [0.15, 0.2) is 24.3 Å². The van der Waals surface area contributed by atoms with Gasteiger partial charge in [-0.3, -0.25) is 0 Å². The van der Waals surface area contributed by atoms with Crippen molar-refractivity contribution in [2.75, 3.05) is 19.0 Å². The van der Waals surface area contributed by atoms with E-state index in [1.165, 1.54) is 6.07 Å². The summed E-state index contributed by atoms with van der Waals surface area (Å²) >= 11 is 0. The number of hydrogen-bond donors (Lipinski definition) is 1. The zero-order chi connectivity index (χ0) is 13.0. The molecule has 0 spiro atoms. The predicted molar refractivity (Wildman–Crippen MR) is 71.2 cm³/mol. The van der Waals surface area contributed by atoms with Gasteiger partial charge in [-0.1, -0.05) is 19.1 Å². The Kier molecular flexibility index (Phi) is 4.10. The van der Waals surface area contributed by atoms with Gasteiger partial charge in [-0.25, -0.2) is 9.37 Å². The Morgan fingerprint density at radius 3 is 2.94 bits per heavy atom. The van der Waals surface area contributed by atoms with E-state index in [9.17, 15) is 4.39 Å². The van der Waals surface area contributed by atoms with E-state index < -0.39 is 0 Å². The summed E-state index contributed by atoms with van der Waals surface area (Å²) in [5, 5.41) is 4.11. The lowest BCUT2D eigenvalue weighted by atomic mass is 10.1. The van der Waals surface area contributed by atoms with E-state index in [4.69, 9.17) is 4.74 Å². The SMILES string of the molecule is CCCNc1cc(COC)nc2c(F)cccc12. The molecule has 1 aromatic heterocycles. The van der Waals surface area contributed by atoms with Crippen molar-refractivity contribution in [1.29, 1.82) is 0 Å². The smallest absolute Gasteiger partial charge is 0.149 e. The van der Waals surface area contributed by atoms with Gasteiger partial charge in [0.05, 0.1) is 12.3 Å².